The molecule has 1 N–H and O–H groups in total. The number of nitrogens with zero attached hydrogens (tertiary/aromatic N) is 3. The molecule has 1 fully saturated rings. The van der Waals surface area contributed by atoms with Crippen LogP contribution in [0, 0.1) is 18.3 Å². The Morgan fingerprint density at radius 1 is 1.45 bits per heavy atom. The van der Waals surface area contributed by atoms with Crippen molar-refractivity contribution in [2.45, 2.75) is 84.9 Å². The van der Waals surface area contributed by atoms with E-state index < -0.39 is 38.2 Å². The van der Waals surface area contributed by atoms with Gasteiger partial charge in [0.2, 0.25) is 0 Å². The van der Waals surface area contributed by atoms with Gasteiger partial charge in [-0.25, -0.2) is 9.46 Å². The smallest absolute Gasteiger partial charge is 0.330 e. The molecule has 2 heterocycles. The van der Waals surface area contributed by atoms with Crippen LogP contribution in [-0.2, 0) is 13.8 Å². The summed E-state index contributed by atoms with van der Waals surface area (Å²) in [5.74, 6) is 0. The van der Waals surface area contributed by atoms with Crippen molar-refractivity contribution in [3.8, 4) is 6.07 Å². The van der Waals surface area contributed by atoms with Crippen LogP contribution in [0.3, 0.4) is 0 Å². The molecule has 1 unspecified atom stereocenters. The molecule has 1 aliphatic rings. The maximum absolute atomic E-state index is 12.2. The number of aromatic nitrogens is 2. The van der Waals surface area contributed by atoms with E-state index in [1.165, 1.54) is 10.8 Å². The summed E-state index contributed by atoms with van der Waals surface area (Å²) in [4.78, 5) is 26.2. The molecular formula is C19H31N4O5P. The van der Waals surface area contributed by atoms with Crippen LogP contribution < -0.4 is 11.2 Å². The first kappa shape index (κ1) is 22.1. The lowest BCUT2D eigenvalue weighted by atomic mass is 10.2. The minimum Gasteiger partial charge on any atom is -0.352 e. The van der Waals surface area contributed by atoms with Crippen LogP contribution in [0.5, 0.6) is 0 Å². The van der Waals surface area contributed by atoms with Gasteiger partial charge in [0.05, 0.1) is 31.3 Å². The summed E-state index contributed by atoms with van der Waals surface area (Å²) in [7, 11) is -1.49. The average molecular weight is 427 g/mol. The lowest BCUT2D eigenvalue weighted by Crippen LogP contribution is -2.35. The Balaban J connectivity index is 2.24. The van der Waals surface area contributed by atoms with Crippen molar-refractivity contribution in [2.24, 2.45) is 0 Å². The number of hydrogen-bond acceptors (Lipinski definition) is 7. The molecule has 29 heavy (non-hydrogen) atoms. The predicted octanol–water partition coefficient (Wildman–Crippen LogP) is 2.81. The summed E-state index contributed by atoms with van der Waals surface area (Å²) in [6.07, 6.45) is 0.426. The second-order valence-corrected chi connectivity index (χ2v) is 8.94. The highest BCUT2D eigenvalue weighted by molar-refractivity contribution is 7.44. The highest BCUT2D eigenvalue weighted by Crippen LogP contribution is 2.49. The number of H-pyrrole nitrogens is 1. The van der Waals surface area contributed by atoms with Crippen molar-refractivity contribution in [3.05, 3.63) is 32.6 Å². The van der Waals surface area contributed by atoms with E-state index in [1.54, 1.807) is 6.92 Å². The van der Waals surface area contributed by atoms with Crippen LogP contribution in [-0.4, -0.2) is 45.1 Å². The van der Waals surface area contributed by atoms with Gasteiger partial charge in [-0.05, 0) is 41.5 Å². The lowest BCUT2D eigenvalue weighted by Gasteiger charge is -2.37. The molecular weight excluding hydrogens is 395 g/mol. The molecule has 0 spiro atoms. The highest BCUT2D eigenvalue weighted by atomic mass is 31.2. The fourth-order valence-corrected chi connectivity index (χ4v) is 4.95. The van der Waals surface area contributed by atoms with Crippen molar-refractivity contribution in [2.75, 3.05) is 6.61 Å². The summed E-state index contributed by atoms with van der Waals surface area (Å²) in [6.45, 7) is 10.0. The molecule has 1 saturated heterocycles. The predicted molar refractivity (Wildman–Crippen MR) is 110 cm³/mol. The van der Waals surface area contributed by atoms with Crippen LogP contribution >= 0.6 is 8.53 Å². The second-order valence-electron chi connectivity index (χ2n) is 7.53. The Labute approximate surface area is 173 Å². The number of rotatable bonds is 9. The summed E-state index contributed by atoms with van der Waals surface area (Å²) in [5.41, 5.74) is -0.589. The number of ether oxygens (including phenoxy) is 1. The van der Waals surface area contributed by atoms with E-state index in [1.807, 2.05) is 27.7 Å². The topological polar surface area (TPSA) is 110 Å². The molecule has 0 aliphatic carbocycles. The third-order valence-corrected chi connectivity index (χ3v) is 6.68. The summed E-state index contributed by atoms with van der Waals surface area (Å²) in [6, 6.07) is 2.36. The van der Waals surface area contributed by atoms with E-state index in [4.69, 9.17) is 20.4 Å². The van der Waals surface area contributed by atoms with Gasteiger partial charge >= 0.3 is 5.69 Å². The van der Waals surface area contributed by atoms with Gasteiger partial charge < -0.3 is 13.8 Å². The zero-order valence-corrected chi connectivity index (χ0v) is 18.5. The van der Waals surface area contributed by atoms with E-state index in [0.29, 0.717) is 12.0 Å². The molecule has 1 aromatic heterocycles. The average Bonchev–Trinajstić information content (AvgIpc) is 3.06. The van der Waals surface area contributed by atoms with E-state index in [-0.39, 0.29) is 32.0 Å². The molecule has 1 aromatic rings. The molecule has 0 aromatic carbocycles. The van der Waals surface area contributed by atoms with E-state index in [9.17, 15) is 9.59 Å². The molecule has 0 bridgehead atoms. The quantitative estimate of drug-likeness (QED) is 0.477. The van der Waals surface area contributed by atoms with Gasteiger partial charge in [0.15, 0.2) is 0 Å². The van der Waals surface area contributed by atoms with Crippen molar-refractivity contribution in [1.82, 2.24) is 14.2 Å². The molecule has 10 heteroatoms. The zero-order valence-electron chi connectivity index (χ0n) is 18.6. The monoisotopic (exact) mass is 427 g/mol. The number of aromatic amines is 1. The van der Waals surface area contributed by atoms with Gasteiger partial charge in [0.25, 0.3) is 14.1 Å². The van der Waals surface area contributed by atoms with E-state index in [0.717, 1.165) is 0 Å². The van der Waals surface area contributed by atoms with Gasteiger partial charge in [0.1, 0.15) is 6.23 Å². The summed E-state index contributed by atoms with van der Waals surface area (Å²) >= 11 is 0. The van der Waals surface area contributed by atoms with Gasteiger partial charge in [0, 0.05) is 31.6 Å². The minimum absolute atomic E-state index is 0.0387. The summed E-state index contributed by atoms with van der Waals surface area (Å²) in [5, 5.41) is 8.85. The third kappa shape index (κ3) is 5.97. The standard InChI is InChI=1S/C19H31N4O5P/c1-12(2)23(13(3)4)29(26-9-7-8-20)28-16-10-17(27-15(16)6)22-11-14(5)18(24)21-19(22)25/h11-13,15-17H,7,9-10H2,1-6H3,(H,21,24,25)/t15-,16-,17-,29?/m1/s1/i6D. The maximum atomic E-state index is 12.2. The molecule has 162 valence electrons. The minimum atomic E-state index is -1.49. The molecule has 9 nitrogen and oxygen atoms in total. The van der Waals surface area contributed by atoms with Crippen molar-refractivity contribution >= 4 is 8.53 Å². The van der Waals surface area contributed by atoms with E-state index >= 15 is 0 Å². The summed E-state index contributed by atoms with van der Waals surface area (Å²) < 4.78 is 29.5. The largest absolute Gasteiger partial charge is 0.352 e. The van der Waals surface area contributed by atoms with Gasteiger partial charge in [-0.2, -0.15) is 5.26 Å². The molecule has 0 radical (unpaired) electrons. The van der Waals surface area contributed by atoms with Gasteiger partial charge in [-0.15, -0.1) is 0 Å². The fraction of sp³-hybridized carbons (Fsp3) is 0.737. The highest BCUT2D eigenvalue weighted by Gasteiger charge is 2.39. The Morgan fingerprint density at radius 3 is 2.72 bits per heavy atom. The van der Waals surface area contributed by atoms with Gasteiger partial charge in [-0.3, -0.25) is 14.3 Å². The van der Waals surface area contributed by atoms with Crippen LogP contribution in [0.4, 0.5) is 0 Å². The Kier molecular flexibility index (Phi) is 7.99. The van der Waals surface area contributed by atoms with Crippen LogP contribution in [0.1, 0.15) is 60.6 Å². The first-order valence-corrected chi connectivity index (χ1v) is 10.8. The first-order chi connectivity index (χ1) is 14.2. The molecule has 4 atom stereocenters. The molecule has 2 rings (SSSR count). The normalized spacial score (nSPS) is 23.6. The van der Waals surface area contributed by atoms with Crippen molar-refractivity contribution in [3.63, 3.8) is 0 Å². The zero-order chi connectivity index (χ0) is 22.4. The first-order valence-electron chi connectivity index (χ1n) is 10.4. The molecule has 0 amide bonds. The Morgan fingerprint density at radius 2 is 2.14 bits per heavy atom. The van der Waals surface area contributed by atoms with Gasteiger partial charge in [-0.1, -0.05) is 0 Å². The van der Waals surface area contributed by atoms with Crippen LogP contribution in [0.2, 0.25) is 0 Å². The van der Waals surface area contributed by atoms with Crippen LogP contribution in [0.15, 0.2) is 15.8 Å². The third-order valence-electron chi connectivity index (χ3n) is 4.52. The maximum Gasteiger partial charge on any atom is 0.330 e. The number of hydrogen-bond donors (Lipinski definition) is 1. The number of aryl methyl sites for hydroxylation is 1. The SMILES string of the molecule is [2H]C[C@H]1O[C@@H](n2cc(C)c(=O)[nH]c2=O)C[C@H]1OP(OCCC#N)N(C(C)C)C(C)C. The Bertz CT molecular complexity index is 845. The van der Waals surface area contributed by atoms with Crippen molar-refractivity contribution in [1.29, 1.82) is 5.26 Å². The Hall–Kier alpha value is -1.56. The molecule has 0 saturated carbocycles. The second kappa shape index (κ2) is 10.5. The van der Waals surface area contributed by atoms with Crippen LogP contribution in [0.25, 0.3) is 0 Å². The molecule has 1 aliphatic heterocycles. The van der Waals surface area contributed by atoms with Crippen molar-refractivity contribution < 1.29 is 15.2 Å². The lowest BCUT2D eigenvalue weighted by molar-refractivity contribution is -0.00883. The van der Waals surface area contributed by atoms with E-state index in [2.05, 4.69) is 15.7 Å². The number of nitriles is 1. The fourth-order valence-electron chi connectivity index (χ4n) is 3.20. The number of nitrogens with one attached hydrogen (secondary N) is 1.